The zero-order valence-corrected chi connectivity index (χ0v) is 12.4. The molecule has 2 amide bonds. The van der Waals surface area contributed by atoms with Gasteiger partial charge in [-0.15, -0.1) is 0 Å². The normalized spacial score (nSPS) is 30.8. The highest BCUT2D eigenvalue weighted by molar-refractivity contribution is 8.06. The third kappa shape index (κ3) is 4.49. The molecular formula is C12H20N2O3S2. The van der Waals surface area contributed by atoms with Crippen LogP contribution in [0.5, 0.6) is 0 Å². The molecule has 5 nitrogen and oxygen atoms in total. The Kier molecular flexibility index (Phi) is 5.69. The molecule has 0 spiro atoms. The van der Waals surface area contributed by atoms with Crippen molar-refractivity contribution in [1.29, 1.82) is 0 Å². The summed E-state index contributed by atoms with van der Waals surface area (Å²) in [6.07, 6.45) is 2.30. The van der Waals surface area contributed by atoms with E-state index in [2.05, 4.69) is 10.6 Å². The Balaban J connectivity index is 1.70. The minimum Gasteiger partial charge on any atom is -0.481 e. The van der Waals surface area contributed by atoms with Crippen LogP contribution >= 0.6 is 23.5 Å². The van der Waals surface area contributed by atoms with Crippen LogP contribution in [0.1, 0.15) is 19.3 Å². The van der Waals surface area contributed by atoms with Gasteiger partial charge in [-0.05, 0) is 12.8 Å². The van der Waals surface area contributed by atoms with Gasteiger partial charge in [-0.3, -0.25) is 4.79 Å². The molecule has 0 bridgehead atoms. The largest absolute Gasteiger partial charge is 0.481 e. The number of carboxylic acid groups (broad SMARTS) is 1. The molecule has 2 rings (SSSR count). The van der Waals surface area contributed by atoms with Crippen molar-refractivity contribution >= 4 is 35.5 Å². The van der Waals surface area contributed by atoms with Crippen LogP contribution in [-0.4, -0.2) is 52.2 Å². The van der Waals surface area contributed by atoms with E-state index in [1.807, 2.05) is 23.5 Å². The highest BCUT2D eigenvalue weighted by Gasteiger charge is 2.33. The molecule has 108 valence electrons. The summed E-state index contributed by atoms with van der Waals surface area (Å²) in [6.45, 7) is 0.661. The predicted molar refractivity (Wildman–Crippen MR) is 78.9 cm³/mol. The van der Waals surface area contributed by atoms with Crippen molar-refractivity contribution in [3.63, 3.8) is 0 Å². The lowest BCUT2D eigenvalue weighted by Gasteiger charge is -2.22. The minimum atomic E-state index is -0.804. The molecule has 3 atom stereocenters. The molecule has 2 fully saturated rings. The maximum Gasteiger partial charge on any atom is 0.315 e. The molecule has 7 heteroatoms. The van der Waals surface area contributed by atoms with Crippen molar-refractivity contribution in [2.45, 2.75) is 30.6 Å². The fourth-order valence-electron chi connectivity index (χ4n) is 2.51. The van der Waals surface area contributed by atoms with Gasteiger partial charge in [-0.25, -0.2) is 4.79 Å². The van der Waals surface area contributed by atoms with Crippen molar-refractivity contribution < 1.29 is 14.7 Å². The first kappa shape index (κ1) is 14.8. The molecular weight excluding hydrogens is 284 g/mol. The number of nitrogens with one attached hydrogen (secondary N) is 2. The Bertz CT molecular complexity index is 335. The Labute approximate surface area is 121 Å². The van der Waals surface area contributed by atoms with E-state index in [0.29, 0.717) is 18.2 Å². The van der Waals surface area contributed by atoms with Crippen LogP contribution in [0.4, 0.5) is 4.79 Å². The molecule has 1 aliphatic heterocycles. The van der Waals surface area contributed by atoms with E-state index >= 15 is 0 Å². The molecule has 3 N–H and O–H groups in total. The second-order valence-corrected chi connectivity index (χ2v) is 7.46. The van der Waals surface area contributed by atoms with E-state index in [4.69, 9.17) is 5.11 Å². The van der Waals surface area contributed by atoms with Crippen LogP contribution in [0.3, 0.4) is 0 Å². The zero-order valence-electron chi connectivity index (χ0n) is 10.8. The number of carboxylic acids is 1. The lowest BCUT2D eigenvalue weighted by atomic mass is 10.0. The highest BCUT2D eigenvalue weighted by Crippen LogP contribution is 2.26. The van der Waals surface area contributed by atoms with Crippen molar-refractivity contribution in [2.75, 3.05) is 23.8 Å². The van der Waals surface area contributed by atoms with Crippen LogP contribution in [0, 0.1) is 5.92 Å². The van der Waals surface area contributed by atoms with Gasteiger partial charge in [0.15, 0.2) is 0 Å². The van der Waals surface area contributed by atoms with Gasteiger partial charge in [-0.2, -0.15) is 23.5 Å². The quantitative estimate of drug-likeness (QED) is 0.731. The highest BCUT2D eigenvalue weighted by atomic mass is 32.2. The van der Waals surface area contributed by atoms with Gasteiger partial charge in [-0.1, -0.05) is 6.42 Å². The fraction of sp³-hybridized carbons (Fsp3) is 0.833. The summed E-state index contributed by atoms with van der Waals surface area (Å²) in [4.78, 5) is 22.8. The number of thioether (sulfide) groups is 2. The second kappa shape index (κ2) is 7.28. The van der Waals surface area contributed by atoms with Gasteiger partial charge in [0.1, 0.15) is 0 Å². The van der Waals surface area contributed by atoms with Gasteiger partial charge in [0.2, 0.25) is 0 Å². The summed E-state index contributed by atoms with van der Waals surface area (Å²) >= 11 is 3.82. The van der Waals surface area contributed by atoms with E-state index in [9.17, 15) is 9.59 Å². The topological polar surface area (TPSA) is 78.4 Å². The first-order valence-electron chi connectivity index (χ1n) is 6.63. The van der Waals surface area contributed by atoms with E-state index in [1.54, 1.807) is 0 Å². The Morgan fingerprint density at radius 3 is 2.79 bits per heavy atom. The first-order chi connectivity index (χ1) is 9.16. The number of carbonyl (C=O) groups is 2. The smallest absolute Gasteiger partial charge is 0.315 e. The van der Waals surface area contributed by atoms with Crippen molar-refractivity contribution in [1.82, 2.24) is 10.6 Å². The fourth-order valence-corrected chi connectivity index (χ4v) is 5.12. The number of amides is 2. The summed E-state index contributed by atoms with van der Waals surface area (Å²) < 4.78 is 0. The average Bonchev–Trinajstić information content (AvgIpc) is 2.86. The number of rotatable bonds is 4. The number of urea groups is 1. The van der Waals surface area contributed by atoms with Gasteiger partial charge >= 0.3 is 12.0 Å². The molecule has 0 aromatic heterocycles. The van der Waals surface area contributed by atoms with Crippen molar-refractivity contribution in [2.24, 2.45) is 5.92 Å². The van der Waals surface area contributed by atoms with Crippen LogP contribution in [0.2, 0.25) is 0 Å². The van der Waals surface area contributed by atoms with Gasteiger partial charge in [0, 0.05) is 35.1 Å². The molecule has 1 aliphatic carbocycles. The summed E-state index contributed by atoms with van der Waals surface area (Å²) in [5.41, 5.74) is 0. The van der Waals surface area contributed by atoms with Crippen molar-refractivity contribution in [3.05, 3.63) is 0 Å². The maximum absolute atomic E-state index is 11.8. The lowest BCUT2D eigenvalue weighted by molar-refractivity contribution is -0.142. The zero-order chi connectivity index (χ0) is 13.7. The van der Waals surface area contributed by atoms with Crippen LogP contribution in [0.25, 0.3) is 0 Å². The monoisotopic (exact) mass is 304 g/mol. The van der Waals surface area contributed by atoms with E-state index in [0.717, 1.165) is 24.3 Å². The minimum absolute atomic E-state index is 0.217. The Morgan fingerprint density at radius 2 is 2.11 bits per heavy atom. The molecule has 0 aromatic rings. The van der Waals surface area contributed by atoms with E-state index in [-0.39, 0.29) is 12.1 Å². The lowest BCUT2D eigenvalue weighted by Crippen LogP contribution is -2.47. The summed E-state index contributed by atoms with van der Waals surface area (Å²) in [5, 5.41) is 15.2. The molecule has 1 heterocycles. The molecule has 0 aromatic carbocycles. The van der Waals surface area contributed by atoms with E-state index < -0.39 is 11.9 Å². The Morgan fingerprint density at radius 1 is 1.26 bits per heavy atom. The summed E-state index contributed by atoms with van der Waals surface area (Å²) in [6, 6.07) is -0.444. The third-order valence-electron chi connectivity index (χ3n) is 3.52. The van der Waals surface area contributed by atoms with Gasteiger partial charge in [0.25, 0.3) is 0 Å². The Hall–Kier alpha value is -0.560. The standard InChI is InChI=1S/C12H20N2O3S2/c15-11(16)9-2-1-3-10(9)14-12(17)13-6-8-7-18-4-5-19-8/h8-10H,1-7H2,(H,15,16)(H2,13,14,17). The number of aliphatic carboxylic acids is 1. The molecule has 1 saturated carbocycles. The SMILES string of the molecule is O=C(NCC1CSCCS1)NC1CCCC1C(=O)O. The van der Waals surface area contributed by atoms with Crippen LogP contribution in [0.15, 0.2) is 0 Å². The van der Waals surface area contributed by atoms with Gasteiger partial charge < -0.3 is 15.7 Å². The molecule has 0 radical (unpaired) electrons. The number of carbonyl (C=O) groups excluding carboxylic acids is 1. The average molecular weight is 304 g/mol. The molecule has 19 heavy (non-hydrogen) atoms. The van der Waals surface area contributed by atoms with Crippen molar-refractivity contribution in [3.8, 4) is 0 Å². The summed E-state index contributed by atoms with van der Waals surface area (Å²) in [5.74, 6) is 2.18. The first-order valence-corrected chi connectivity index (χ1v) is 8.83. The molecule has 2 aliphatic rings. The number of hydrogen-bond acceptors (Lipinski definition) is 4. The molecule has 3 unspecified atom stereocenters. The predicted octanol–water partition coefficient (Wildman–Crippen LogP) is 1.39. The van der Waals surface area contributed by atoms with Crippen LogP contribution in [-0.2, 0) is 4.79 Å². The third-order valence-corrected chi connectivity index (χ3v) is 6.37. The maximum atomic E-state index is 11.8. The van der Waals surface area contributed by atoms with Gasteiger partial charge in [0.05, 0.1) is 5.92 Å². The summed E-state index contributed by atoms with van der Waals surface area (Å²) in [7, 11) is 0. The second-order valence-electron chi connectivity index (χ2n) is 4.90. The van der Waals surface area contributed by atoms with Crippen LogP contribution < -0.4 is 10.6 Å². The van der Waals surface area contributed by atoms with E-state index in [1.165, 1.54) is 5.75 Å². The molecule has 1 saturated heterocycles. The number of hydrogen-bond donors (Lipinski definition) is 3.